The lowest BCUT2D eigenvalue weighted by Crippen LogP contribution is -2.22. The van der Waals surface area contributed by atoms with Gasteiger partial charge in [0.15, 0.2) is 0 Å². The van der Waals surface area contributed by atoms with Gasteiger partial charge in [0.25, 0.3) is 0 Å². The summed E-state index contributed by atoms with van der Waals surface area (Å²) in [5, 5.41) is 11.7. The van der Waals surface area contributed by atoms with Crippen molar-refractivity contribution in [3.05, 3.63) is 30.3 Å². The molecule has 0 aromatic heterocycles. The Balaban J connectivity index is 2.97. The van der Waals surface area contributed by atoms with Gasteiger partial charge in [-0.15, -0.1) is 0 Å². The second kappa shape index (κ2) is 6.43. The van der Waals surface area contributed by atoms with Crippen LogP contribution in [0.25, 0.3) is 0 Å². The lowest BCUT2D eigenvalue weighted by atomic mass is 10.2. The summed E-state index contributed by atoms with van der Waals surface area (Å²) in [6.07, 6.45) is 0. The molecule has 0 atom stereocenters. The van der Waals surface area contributed by atoms with Gasteiger partial charge in [-0.2, -0.15) is 8.78 Å². The number of carboxylic acids is 1. The van der Waals surface area contributed by atoms with Gasteiger partial charge in [-0.3, -0.25) is 4.99 Å². The fourth-order valence-corrected chi connectivity index (χ4v) is 1.10. The largest absolute Gasteiger partial charge is 0.476 e. The molecular weight excluding hydrogens is 246 g/mol. The maximum absolute atomic E-state index is 11.8. The molecule has 1 rings (SSSR count). The van der Waals surface area contributed by atoms with Gasteiger partial charge in [0.2, 0.25) is 5.71 Å². The van der Waals surface area contributed by atoms with Crippen LogP contribution < -0.4 is 0 Å². The molecule has 0 fully saturated rings. The zero-order valence-corrected chi connectivity index (χ0v) is 9.38. The number of hydrogen-bond donors (Lipinski definition) is 1. The molecule has 5 nitrogen and oxygen atoms in total. The van der Waals surface area contributed by atoms with Gasteiger partial charge >= 0.3 is 12.6 Å². The highest BCUT2D eigenvalue weighted by Gasteiger charge is 2.16. The van der Waals surface area contributed by atoms with Crippen LogP contribution in [0.1, 0.15) is 6.92 Å². The van der Waals surface area contributed by atoms with Crippen LogP contribution in [0, 0.1) is 0 Å². The summed E-state index contributed by atoms with van der Waals surface area (Å²) < 4.78 is 23.6. The van der Waals surface area contributed by atoms with Crippen LogP contribution in [-0.2, 0) is 9.63 Å². The third-order valence-electron chi connectivity index (χ3n) is 1.82. The van der Waals surface area contributed by atoms with Crippen LogP contribution in [0.3, 0.4) is 0 Å². The number of oxime groups is 1. The first kappa shape index (κ1) is 13.8. The first-order valence-electron chi connectivity index (χ1n) is 4.86. The number of nitrogens with zero attached hydrogens (tertiary/aromatic N) is 2. The summed E-state index contributed by atoms with van der Waals surface area (Å²) in [4.78, 5) is 18.4. The molecular formula is C11H10F2N2O3. The zero-order chi connectivity index (χ0) is 13.5. The van der Waals surface area contributed by atoms with Gasteiger partial charge < -0.3 is 9.94 Å². The summed E-state index contributed by atoms with van der Waals surface area (Å²) >= 11 is 0. The minimum atomic E-state index is -3.18. The quantitative estimate of drug-likeness (QED) is 0.649. The number of rotatable bonds is 5. The van der Waals surface area contributed by atoms with E-state index in [9.17, 15) is 13.6 Å². The van der Waals surface area contributed by atoms with E-state index in [0.29, 0.717) is 5.69 Å². The van der Waals surface area contributed by atoms with Gasteiger partial charge in [0, 0.05) is 0 Å². The van der Waals surface area contributed by atoms with Crippen molar-refractivity contribution in [2.24, 2.45) is 10.1 Å². The highest BCUT2D eigenvalue weighted by molar-refractivity contribution is 6.65. The molecule has 1 aromatic carbocycles. The third-order valence-corrected chi connectivity index (χ3v) is 1.82. The van der Waals surface area contributed by atoms with Crippen molar-refractivity contribution in [2.45, 2.75) is 13.5 Å². The maximum Gasteiger partial charge on any atom is 0.407 e. The van der Waals surface area contributed by atoms with Crippen LogP contribution >= 0.6 is 0 Å². The van der Waals surface area contributed by atoms with Gasteiger partial charge in [-0.25, -0.2) is 4.79 Å². The van der Waals surface area contributed by atoms with E-state index in [-0.39, 0.29) is 5.71 Å². The van der Waals surface area contributed by atoms with Crippen molar-refractivity contribution in [3.63, 3.8) is 0 Å². The molecule has 7 heteroatoms. The lowest BCUT2D eigenvalue weighted by Gasteiger charge is -2.01. The molecule has 1 aromatic rings. The first-order valence-corrected chi connectivity index (χ1v) is 4.86. The average Bonchev–Trinajstić information content (AvgIpc) is 2.29. The summed E-state index contributed by atoms with van der Waals surface area (Å²) in [6.45, 7) is -1.83. The van der Waals surface area contributed by atoms with E-state index in [0.717, 1.165) is 0 Å². The van der Waals surface area contributed by atoms with Crippen molar-refractivity contribution in [2.75, 3.05) is 0 Å². The van der Waals surface area contributed by atoms with Crippen LogP contribution in [0.4, 0.5) is 14.5 Å². The van der Waals surface area contributed by atoms with E-state index in [1.807, 2.05) is 0 Å². The second-order valence-corrected chi connectivity index (χ2v) is 3.14. The number of hydrogen-bond acceptors (Lipinski definition) is 4. The van der Waals surface area contributed by atoms with Crippen LogP contribution in [-0.4, -0.2) is 29.1 Å². The van der Waals surface area contributed by atoms with Crippen molar-refractivity contribution < 1.29 is 23.5 Å². The molecule has 0 radical (unpaired) electrons. The fourth-order valence-electron chi connectivity index (χ4n) is 1.10. The summed E-state index contributed by atoms with van der Waals surface area (Å²) in [5.41, 5.74) is -0.213. The Labute approximate surface area is 101 Å². The van der Waals surface area contributed by atoms with E-state index in [2.05, 4.69) is 15.0 Å². The number of benzene rings is 1. The van der Waals surface area contributed by atoms with Gasteiger partial charge in [-0.1, -0.05) is 23.4 Å². The van der Waals surface area contributed by atoms with Crippen molar-refractivity contribution in [1.82, 2.24) is 0 Å². The number of aliphatic carboxylic acids is 1. The predicted molar refractivity (Wildman–Crippen MR) is 61.4 cm³/mol. The van der Waals surface area contributed by atoms with Crippen LogP contribution in [0.2, 0.25) is 0 Å². The monoisotopic (exact) mass is 256 g/mol. The molecule has 96 valence electrons. The molecule has 0 saturated heterocycles. The molecule has 0 aliphatic carbocycles. The highest BCUT2D eigenvalue weighted by atomic mass is 19.3. The Hall–Kier alpha value is -2.31. The van der Waals surface area contributed by atoms with Crippen molar-refractivity contribution in [1.29, 1.82) is 0 Å². The number of alkyl halides is 2. The molecule has 0 spiro atoms. The third kappa shape index (κ3) is 4.28. The zero-order valence-electron chi connectivity index (χ0n) is 9.38. The number of aliphatic imine (C=N–C) groups is 1. The smallest absolute Gasteiger partial charge is 0.407 e. The van der Waals surface area contributed by atoms with Gasteiger partial charge in [0.05, 0.1) is 11.4 Å². The Morgan fingerprint density at radius 3 is 2.44 bits per heavy atom. The average molecular weight is 256 g/mol. The highest BCUT2D eigenvalue weighted by Crippen LogP contribution is 2.10. The Morgan fingerprint density at radius 2 is 1.94 bits per heavy atom. The minimum Gasteiger partial charge on any atom is -0.476 e. The molecule has 0 saturated carbocycles. The standard InChI is InChI=1S/C11H10F2N2O3/c1-7(14-8-5-3-2-4-6-8)9(10(16)17)15-18-11(12)13/h2-6,11H,1H3,(H,16,17). The molecule has 18 heavy (non-hydrogen) atoms. The van der Waals surface area contributed by atoms with Crippen molar-refractivity contribution in [3.8, 4) is 0 Å². The molecule has 1 N–H and O–H groups in total. The maximum atomic E-state index is 11.8. The van der Waals surface area contributed by atoms with Crippen LogP contribution in [0.15, 0.2) is 40.5 Å². The Bertz CT molecular complexity index is 472. The van der Waals surface area contributed by atoms with Crippen molar-refractivity contribution >= 4 is 23.1 Å². The van der Waals surface area contributed by atoms with Crippen LogP contribution in [0.5, 0.6) is 0 Å². The summed E-state index contributed by atoms with van der Waals surface area (Å²) in [7, 11) is 0. The topological polar surface area (TPSA) is 71.2 Å². The lowest BCUT2D eigenvalue weighted by molar-refractivity contribution is -0.134. The number of carboxylic acid groups (broad SMARTS) is 1. The molecule has 0 heterocycles. The van der Waals surface area contributed by atoms with E-state index < -0.39 is 18.3 Å². The molecule has 0 amide bonds. The normalized spacial score (nSPS) is 12.7. The summed E-state index contributed by atoms with van der Waals surface area (Å²) in [6, 6.07) is 8.45. The number of para-hydroxylation sites is 1. The molecule has 0 aliphatic rings. The number of carbonyl (C=O) groups is 1. The second-order valence-electron chi connectivity index (χ2n) is 3.14. The van der Waals surface area contributed by atoms with Gasteiger partial charge in [-0.05, 0) is 19.1 Å². The molecule has 0 aliphatic heterocycles. The Kier molecular flexibility index (Phi) is 4.91. The SMILES string of the molecule is CC(=Nc1ccccc1)C(=NOC(F)F)C(=O)O. The Morgan fingerprint density at radius 1 is 1.33 bits per heavy atom. The van der Waals surface area contributed by atoms with E-state index in [1.165, 1.54) is 6.92 Å². The van der Waals surface area contributed by atoms with E-state index in [1.54, 1.807) is 30.3 Å². The number of halogens is 2. The molecule has 0 bridgehead atoms. The summed E-state index contributed by atoms with van der Waals surface area (Å²) in [5.74, 6) is -1.49. The van der Waals surface area contributed by atoms with E-state index in [4.69, 9.17) is 5.11 Å². The predicted octanol–water partition coefficient (Wildman–Crippen LogP) is 2.46. The fraction of sp³-hybridized carbons (Fsp3) is 0.182. The molecule has 0 unspecified atom stereocenters. The first-order chi connectivity index (χ1) is 8.50. The minimum absolute atomic E-state index is 0.0330. The van der Waals surface area contributed by atoms with Gasteiger partial charge in [0.1, 0.15) is 0 Å². The van der Waals surface area contributed by atoms with E-state index >= 15 is 0 Å².